The van der Waals surface area contributed by atoms with Crippen LogP contribution in [0.1, 0.15) is 34.9 Å². The quantitative estimate of drug-likeness (QED) is 0.849. The molecular formula is C17H19N3O3S. The minimum Gasteiger partial charge on any atom is -0.337 e. The fraction of sp³-hybridized carbons (Fsp3) is 0.353. The number of carbonyl (C=O) groups is 1. The van der Waals surface area contributed by atoms with E-state index in [1.807, 2.05) is 0 Å². The Bertz CT molecular complexity index is 837. The van der Waals surface area contributed by atoms with Crippen molar-refractivity contribution in [3.8, 4) is 0 Å². The number of hydrogen-bond acceptors (Lipinski definition) is 5. The molecule has 6 nitrogen and oxygen atoms in total. The van der Waals surface area contributed by atoms with E-state index in [1.54, 1.807) is 47.6 Å². The zero-order chi connectivity index (χ0) is 17.2. The highest BCUT2D eigenvalue weighted by molar-refractivity contribution is 7.90. The number of hydrogen-bond donors (Lipinski definition) is 0. The average Bonchev–Trinajstić information content (AvgIpc) is 2.61. The summed E-state index contributed by atoms with van der Waals surface area (Å²) >= 11 is 0. The molecule has 2 aromatic heterocycles. The second kappa shape index (κ2) is 6.68. The monoisotopic (exact) mass is 345 g/mol. The van der Waals surface area contributed by atoms with E-state index in [0.717, 1.165) is 12.8 Å². The van der Waals surface area contributed by atoms with Crippen molar-refractivity contribution in [2.24, 2.45) is 0 Å². The van der Waals surface area contributed by atoms with Gasteiger partial charge < -0.3 is 4.90 Å². The predicted molar refractivity (Wildman–Crippen MR) is 89.5 cm³/mol. The molecule has 0 bridgehead atoms. The lowest BCUT2D eigenvalue weighted by atomic mass is 9.94. The van der Waals surface area contributed by atoms with Gasteiger partial charge in [0.05, 0.1) is 10.6 Å². The molecule has 1 saturated heterocycles. The van der Waals surface area contributed by atoms with E-state index >= 15 is 0 Å². The van der Waals surface area contributed by atoms with Crippen LogP contribution in [0.2, 0.25) is 0 Å². The summed E-state index contributed by atoms with van der Waals surface area (Å²) in [5.74, 6) is -0.213. The number of pyridine rings is 2. The molecule has 3 rings (SSSR count). The third-order valence-electron chi connectivity index (χ3n) is 4.18. The van der Waals surface area contributed by atoms with Crippen molar-refractivity contribution in [1.82, 2.24) is 14.9 Å². The van der Waals surface area contributed by atoms with E-state index in [-0.39, 0.29) is 16.7 Å². The molecule has 7 heteroatoms. The second-order valence-electron chi connectivity index (χ2n) is 5.96. The highest BCUT2D eigenvalue weighted by atomic mass is 32.2. The smallest absolute Gasteiger partial charge is 0.272 e. The number of amides is 1. The summed E-state index contributed by atoms with van der Waals surface area (Å²) in [5, 5.41) is 0. The number of likely N-dealkylation sites (tertiary alicyclic amines) is 1. The lowest BCUT2D eigenvalue weighted by Crippen LogP contribution is -2.40. The molecule has 1 fully saturated rings. The molecule has 1 aliphatic rings. The van der Waals surface area contributed by atoms with E-state index in [1.165, 1.54) is 6.26 Å². The van der Waals surface area contributed by atoms with E-state index in [9.17, 15) is 13.2 Å². The summed E-state index contributed by atoms with van der Waals surface area (Å²) in [7, 11) is -3.35. The Morgan fingerprint density at radius 1 is 1.17 bits per heavy atom. The Hall–Kier alpha value is -2.28. The highest BCUT2D eigenvalue weighted by Gasteiger charge is 2.29. The third-order valence-corrected chi connectivity index (χ3v) is 5.32. The molecule has 0 aliphatic carbocycles. The van der Waals surface area contributed by atoms with E-state index < -0.39 is 9.84 Å². The standard InChI is InChI=1S/C17H19N3O3S/c1-24(22,23)15-8-4-10-19-16(15)13-6-5-11-20(12-13)17(21)14-7-2-3-9-18-14/h2-4,7-10,13H,5-6,11-12H2,1H3/t13-/m0/s1. The van der Waals surface area contributed by atoms with Gasteiger partial charge in [-0.15, -0.1) is 0 Å². The van der Waals surface area contributed by atoms with Gasteiger partial charge in [-0.3, -0.25) is 14.8 Å². The molecule has 24 heavy (non-hydrogen) atoms. The van der Waals surface area contributed by atoms with Crippen LogP contribution in [0.15, 0.2) is 47.6 Å². The van der Waals surface area contributed by atoms with Gasteiger partial charge >= 0.3 is 0 Å². The lowest BCUT2D eigenvalue weighted by Gasteiger charge is -2.32. The fourth-order valence-electron chi connectivity index (χ4n) is 3.06. The Balaban J connectivity index is 1.86. The van der Waals surface area contributed by atoms with E-state index in [0.29, 0.717) is 24.5 Å². The van der Waals surface area contributed by atoms with Crippen LogP contribution < -0.4 is 0 Å². The minimum atomic E-state index is -3.35. The molecule has 0 N–H and O–H groups in total. The molecular weight excluding hydrogens is 326 g/mol. The van der Waals surface area contributed by atoms with Gasteiger partial charge in [-0.25, -0.2) is 8.42 Å². The summed E-state index contributed by atoms with van der Waals surface area (Å²) in [6.45, 7) is 1.10. The Kier molecular flexibility index (Phi) is 4.62. The van der Waals surface area contributed by atoms with Crippen molar-refractivity contribution in [3.63, 3.8) is 0 Å². The van der Waals surface area contributed by atoms with Crippen molar-refractivity contribution in [2.45, 2.75) is 23.7 Å². The van der Waals surface area contributed by atoms with Crippen LogP contribution in [-0.4, -0.2) is 48.5 Å². The van der Waals surface area contributed by atoms with Gasteiger partial charge in [0.2, 0.25) is 0 Å². The maximum atomic E-state index is 12.6. The van der Waals surface area contributed by atoms with E-state index in [4.69, 9.17) is 0 Å². The van der Waals surface area contributed by atoms with Gasteiger partial charge in [-0.05, 0) is 37.1 Å². The molecule has 0 saturated carbocycles. The number of rotatable bonds is 3. The number of sulfone groups is 1. The van der Waals surface area contributed by atoms with Crippen LogP contribution in [0, 0.1) is 0 Å². The summed E-state index contributed by atoms with van der Waals surface area (Å²) in [6.07, 6.45) is 6.00. The van der Waals surface area contributed by atoms with Gasteiger partial charge in [0.1, 0.15) is 5.69 Å². The first-order valence-corrected chi connectivity index (χ1v) is 9.71. The fourth-order valence-corrected chi connectivity index (χ4v) is 3.98. The van der Waals surface area contributed by atoms with Gasteiger partial charge in [0, 0.05) is 37.7 Å². The van der Waals surface area contributed by atoms with Gasteiger partial charge in [-0.2, -0.15) is 0 Å². The Morgan fingerprint density at radius 3 is 2.67 bits per heavy atom. The third kappa shape index (κ3) is 3.46. The molecule has 0 spiro atoms. The summed E-state index contributed by atoms with van der Waals surface area (Å²) in [6, 6.07) is 8.44. The van der Waals surface area contributed by atoms with Crippen molar-refractivity contribution < 1.29 is 13.2 Å². The number of carbonyl (C=O) groups excluding carboxylic acids is 1. The predicted octanol–water partition coefficient (Wildman–Crippen LogP) is 1.90. The van der Waals surface area contributed by atoms with Crippen LogP contribution in [0.4, 0.5) is 0 Å². The molecule has 3 heterocycles. The lowest BCUT2D eigenvalue weighted by molar-refractivity contribution is 0.0699. The Morgan fingerprint density at radius 2 is 1.96 bits per heavy atom. The maximum absolute atomic E-state index is 12.6. The van der Waals surface area contributed by atoms with Gasteiger partial charge in [-0.1, -0.05) is 6.07 Å². The summed E-state index contributed by atoms with van der Waals surface area (Å²) in [5.41, 5.74) is 0.959. The molecule has 1 atom stereocenters. The van der Waals surface area contributed by atoms with Crippen molar-refractivity contribution in [1.29, 1.82) is 0 Å². The SMILES string of the molecule is CS(=O)(=O)c1cccnc1[C@H]1CCCN(C(=O)c2ccccn2)C1. The molecule has 2 aromatic rings. The highest BCUT2D eigenvalue weighted by Crippen LogP contribution is 2.30. The Labute approximate surface area is 141 Å². The largest absolute Gasteiger partial charge is 0.337 e. The average molecular weight is 345 g/mol. The summed E-state index contributed by atoms with van der Waals surface area (Å²) in [4.78, 5) is 23.0. The van der Waals surface area contributed by atoms with Crippen LogP contribution >= 0.6 is 0 Å². The molecule has 1 aliphatic heterocycles. The zero-order valence-corrected chi connectivity index (χ0v) is 14.2. The number of piperidine rings is 1. The van der Waals surface area contributed by atoms with Crippen molar-refractivity contribution >= 4 is 15.7 Å². The molecule has 0 radical (unpaired) electrons. The van der Waals surface area contributed by atoms with Crippen LogP contribution in [-0.2, 0) is 9.84 Å². The summed E-state index contributed by atoms with van der Waals surface area (Å²) < 4.78 is 24.0. The van der Waals surface area contributed by atoms with E-state index in [2.05, 4.69) is 9.97 Å². The van der Waals surface area contributed by atoms with Crippen LogP contribution in [0.3, 0.4) is 0 Å². The molecule has 0 unspecified atom stereocenters. The first-order chi connectivity index (χ1) is 11.5. The normalized spacial score (nSPS) is 18.4. The molecule has 0 aromatic carbocycles. The minimum absolute atomic E-state index is 0.0858. The van der Waals surface area contributed by atoms with Crippen LogP contribution in [0.25, 0.3) is 0 Å². The second-order valence-corrected chi connectivity index (χ2v) is 7.95. The van der Waals surface area contributed by atoms with Crippen molar-refractivity contribution in [3.05, 3.63) is 54.1 Å². The van der Waals surface area contributed by atoms with Gasteiger partial charge in [0.15, 0.2) is 9.84 Å². The number of aromatic nitrogens is 2. The maximum Gasteiger partial charge on any atom is 0.272 e. The first-order valence-electron chi connectivity index (χ1n) is 7.82. The number of nitrogens with zero attached hydrogens (tertiary/aromatic N) is 3. The zero-order valence-electron chi connectivity index (χ0n) is 13.4. The molecule has 1 amide bonds. The van der Waals surface area contributed by atoms with Crippen molar-refractivity contribution in [2.75, 3.05) is 19.3 Å². The van der Waals surface area contributed by atoms with Gasteiger partial charge in [0.25, 0.3) is 5.91 Å². The first kappa shape index (κ1) is 16.6. The molecule has 126 valence electrons. The topological polar surface area (TPSA) is 80.2 Å². The van der Waals surface area contributed by atoms with Crippen LogP contribution in [0.5, 0.6) is 0 Å².